The number of hydrogen-bond acceptors (Lipinski definition) is 2. The Balaban J connectivity index is 2.07. The van der Waals surface area contributed by atoms with Crippen LogP contribution >= 0.6 is 0 Å². The Labute approximate surface area is 118 Å². The van der Waals surface area contributed by atoms with Crippen molar-refractivity contribution in [2.24, 2.45) is 0 Å². The maximum absolute atomic E-state index is 13.1. The van der Waals surface area contributed by atoms with Gasteiger partial charge in [0.05, 0.1) is 6.20 Å². The predicted molar refractivity (Wildman–Crippen MR) is 70.4 cm³/mol. The third kappa shape index (κ3) is 2.48. The summed E-state index contributed by atoms with van der Waals surface area (Å²) in [7, 11) is 0. The molecule has 0 saturated carbocycles. The van der Waals surface area contributed by atoms with Crippen molar-refractivity contribution in [3.8, 4) is 11.1 Å². The zero-order chi connectivity index (χ0) is 15.2. The van der Waals surface area contributed by atoms with Crippen molar-refractivity contribution < 1.29 is 17.6 Å². The van der Waals surface area contributed by atoms with Crippen molar-refractivity contribution in [1.82, 2.24) is 9.78 Å². The predicted octanol–water partition coefficient (Wildman–Crippen LogP) is 4.00. The molecule has 0 fully saturated rings. The summed E-state index contributed by atoms with van der Waals surface area (Å²) in [6, 6.07) is 3.63. The summed E-state index contributed by atoms with van der Waals surface area (Å²) < 4.78 is 53.3. The van der Waals surface area contributed by atoms with E-state index in [0.717, 1.165) is 4.68 Å². The van der Waals surface area contributed by atoms with E-state index in [9.17, 15) is 17.6 Å². The first-order valence-corrected chi connectivity index (χ1v) is 6.53. The largest absolute Gasteiger partial charge is 0.410 e. The minimum Gasteiger partial charge on any atom is -0.367 e. The van der Waals surface area contributed by atoms with E-state index in [1.165, 1.54) is 30.5 Å². The van der Waals surface area contributed by atoms with Gasteiger partial charge in [-0.15, -0.1) is 0 Å². The average molecular weight is 299 g/mol. The van der Waals surface area contributed by atoms with Crippen LogP contribution in [0.1, 0.15) is 19.4 Å². The smallest absolute Gasteiger partial charge is 0.367 e. The maximum atomic E-state index is 13.1. The fraction of sp³-hybridized carbons (Fsp3) is 0.357. The molecule has 2 unspecified atom stereocenters. The first-order valence-electron chi connectivity index (χ1n) is 6.53. The van der Waals surface area contributed by atoms with Gasteiger partial charge in [0.25, 0.3) is 0 Å². The number of benzene rings is 1. The number of rotatable bonds is 1. The average Bonchev–Trinajstić information content (AvgIpc) is 2.81. The highest BCUT2D eigenvalue weighted by atomic mass is 19.4. The number of alkyl halides is 3. The summed E-state index contributed by atoms with van der Waals surface area (Å²) in [5.74, 6) is -0.0723. The molecule has 0 radical (unpaired) electrons. The van der Waals surface area contributed by atoms with Crippen molar-refractivity contribution in [3.05, 3.63) is 36.3 Å². The lowest BCUT2D eigenvalue weighted by Crippen LogP contribution is -2.38. The van der Waals surface area contributed by atoms with E-state index >= 15 is 0 Å². The van der Waals surface area contributed by atoms with Crippen LogP contribution in [0, 0.1) is 5.82 Å². The van der Waals surface area contributed by atoms with E-state index in [4.69, 9.17) is 0 Å². The highest BCUT2D eigenvalue weighted by Crippen LogP contribution is 2.42. The summed E-state index contributed by atoms with van der Waals surface area (Å²) in [5, 5.41) is 6.91. The van der Waals surface area contributed by atoms with Gasteiger partial charge in [0.15, 0.2) is 6.04 Å². The zero-order valence-corrected chi connectivity index (χ0v) is 11.2. The number of anilines is 1. The Kier molecular flexibility index (Phi) is 3.15. The second kappa shape index (κ2) is 4.75. The third-order valence-corrected chi connectivity index (χ3v) is 3.58. The molecule has 1 N–H and O–H groups in total. The van der Waals surface area contributed by atoms with E-state index in [1.54, 1.807) is 6.92 Å². The van der Waals surface area contributed by atoms with Crippen LogP contribution in [0.4, 0.5) is 23.4 Å². The SMILES string of the molecule is CC1CC(C(F)(F)F)n2ncc(-c3ccc(F)cc3)c2N1. The molecule has 7 heteroatoms. The van der Waals surface area contributed by atoms with Crippen LogP contribution in [-0.2, 0) is 0 Å². The molecule has 1 aliphatic heterocycles. The van der Waals surface area contributed by atoms with Crippen LogP contribution in [-0.4, -0.2) is 22.0 Å². The van der Waals surface area contributed by atoms with Crippen molar-refractivity contribution in [3.63, 3.8) is 0 Å². The Bertz CT molecular complexity index is 645. The number of aromatic nitrogens is 2. The van der Waals surface area contributed by atoms with Gasteiger partial charge in [0.2, 0.25) is 0 Å². The lowest BCUT2D eigenvalue weighted by molar-refractivity contribution is -0.173. The molecule has 3 rings (SSSR count). The standard InChI is InChI=1S/C14H13F4N3/c1-8-6-12(14(16,17)18)21-13(20-8)11(7-19-21)9-2-4-10(15)5-3-9/h2-5,7-8,12,20H,6H2,1H3. The molecule has 0 bridgehead atoms. The van der Waals surface area contributed by atoms with E-state index in [0.29, 0.717) is 16.9 Å². The van der Waals surface area contributed by atoms with Crippen LogP contribution in [0.15, 0.2) is 30.5 Å². The topological polar surface area (TPSA) is 29.9 Å². The van der Waals surface area contributed by atoms with Crippen molar-refractivity contribution in [1.29, 1.82) is 0 Å². The Hall–Kier alpha value is -2.05. The number of hydrogen-bond donors (Lipinski definition) is 1. The fourth-order valence-electron chi connectivity index (χ4n) is 2.58. The quantitative estimate of drug-likeness (QED) is 0.807. The van der Waals surface area contributed by atoms with Gasteiger partial charge < -0.3 is 5.32 Å². The van der Waals surface area contributed by atoms with Crippen LogP contribution in [0.5, 0.6) is 0 Å². The molecule has 0 saturated heterocycles. The van der Waals surface area contributed by atoms with Crippen molar-refractivity contribution in [2.45, 2.75) is 31.6 Å². The Morgan fingerprint density at radius 2 is 1.90 bits per heavy atom. The first kappa shape index (κ1) is 13.9. The van der Waals surface area contributed by atoms with Gasteiger partial charge in [-0.1, -0.05) is 12.1 Å². The zero-order valence-electron chi connectivity index (χ0n) is 11.2. The van der Waals surface area contributed by atoms with Gasteiger partial charge in [0, 0.05) is 11.6 Å². The lowest BCUT2D eigenvalue weighted by Gasteiger charge is -2.32. The molecule has 21 heavy (non-hydrogen) atoms. The Morgan fingerprint density at radius 3 is 2.52 bits per heavy atom. The molecule has 0 aliphatic carbocycles. The summed E-state index contributed by atoms with van der Waals surface area (Å²) in [6.45, 7) is 1.70. The molecule has 1 aliphatic rings. The van der Waals surface area contributed by atoms with Crippen LogP contribution < -0.4 is 5.32 Å². The van der Waals surface area contributed by atoms with Crippen LogP contribution in [0.2, 0.25) is 0 Å². The van der Waals surface area contributed by atoms with Crippen molar-refractivity contribution >= 4 is 5.82 Å². The van der Waals surface area contributed by atoms with Gasteiger partial charge in [-0.25, -0.2) is 9.07 Å². The molecule has 3 nitrogen and oxygen atoms in total. The number of nitrogens with zero attached hydrogens (tertiary/aromatic N) is 2. The molecule has 2 aromatic rings. The van der Waals surface area contributed by atoms with E-state index in [1.807, 2.05) is 0 Å². The molecule has 0 spiro atoms. The molecule has 112 valence electrons. The van der Waals surface area contributed by atoms with E-state index in [-0.39, 0.29) is 12.5 Å². The second-order valence-corrected chi connectivity index (χ2v) is 5.20. The highest BCUT2D eigenvalue weighted by molar-refractivity contribution is 5.75. The monoisotopic (exact) mass is 299 g/mol. The summed E-state index contributed by atoms with van der Waals surface area (Å²) in [6.07, 6.45) is -3.04. The van der Waals surface area contributed by atoms with E-state index < -0.39 is 18.0 Å². The molecular formula is C14H13F4N3. The molecule has 0 amide bonds. The number of halogens is 4. The highest BCUT2D eigenvalue weighted by Gasteiger charge is 2.45. The molecule has 1 aromatic carbocycles. The second-order valence-electron chi connectivity index (χ2n) is 5.20. The maximum Gasteiger partial charge on any atom is 0.410 e. The fourth-order valence-corrected chi connectivity index (χ4v) is 2.58. The first-order chi connectivity index (χ1) is 9.86. The van der Waals surface area contributed by atoms with Crippen LogP contribution in [0.3, 0.4) is 0 Å². The number of nitrogens with one attached hydrogen (secondary N) is 1. The van der Waals surface area contributed by atoms with Gasteiger partial charge in [0.1, 0.15) is 11.6 Å². The van der Waals surface area contributed by atoms with Gasteiger partial charge in [-0.05, 0) is 31.0 Å². The minimum atomic E-state index is -4.35. The van der Waals surface area contributed by atoms with E-state index in [2.05, 4.69) is 10.4 Å². The molecule has 1 aromatic heterocycles. The van der Waals surface area contributed by atoms with Crippen molar-refractivity contribution in [2.75, 3.05) is 5.32 Å². The van der Waals surface area contributed by atoms with Gasteiger partial charge in [-0.3, -0.25) is 0 Å². The summed E-state index contributed by atoms with van der Waals surface area (Å²) >= 11 is 0. The Morgan fingerprint density at radius 1 is 1.24 bits per heavy atom. The lowest BCUT2D eigenvalue weighted by atomic mass is 10.0. The minimum absolute atomic E-state index is 0.0684. The molecule has 2 heterocycles. The van der Waals surface area contributed by atoms with Gasteiger partial charge >= 0.3 is 6.18 Å². The number of fused-ring (bicyclic) bond motifs is 1. The van der Waals surface area contributed by atoms with Gasteiger partial charge in [-0.2, -0.15) is 18.3 Å². The normalized spacial score (nSPS) is 21.8. The summed E-state index contributed by atoms with van der Waals surface area (Å²) in [4.78, 5) is 0. The summed E-state index contributed by atoms with van der Waals surface area (Å²) in [5.41, 5.74) is 1.16. The molecular weight excluding hydrogens is 286 g/mol. The van der Waals surface area contributed by atoms with Crippen LogP contribution in [0.25, 0.3) is 11.1 Å². The third-order valence-electron chi connectivity index (χ3n) is 3.58. The molecule has 2 atom stereocenters.